The van der Waals surface area contributed by atoms with E-state index in [9.17, 15) is 12.8 Å². The van der Waals surface area contributed by atoms with Gasteiger partial charge in [0.2, 0.25) is 10.0 Å². The van der Waals surface area contributed by atoms with E-state index in [0.717, 1.165) is 28.3 Å². The van der Waals surface area contributed by atoms with Gasteiger partial charge in [-0.05, 0) is 37.1 Å². The Morgan fingerprint density at radius 1 is 1.12 bits per heavy atom. The van der Waals surface area contributed by atoms with Crippen LogP contribution in [0.25, 0.3) is 21.9 Å². The first kappa shape index (κ1) is 23.1. The van der Waals surface area contributed by atoms with Crippen LogP contribution >= 0.6 is 0 Å². The van der Waals surface area contributed by atoms with E-state index in [-0.39, 0.29) is 11.4 Å². The molecule has 8 nitrogen and oxygen atoms in total. The number of pyridine rings is 1. The van der Waals surface area contributed by atoms with Crippen LogP contribution < -0.4 is 10.5 Å². The number of benzene rings is 2. The monoisotopic (exact) mass is 471 g/mol. The third kappa shape index (κ3) is 4.97. The molecule has 0 saturated carbocycles. The largest absolute Gasteiger partial charge is 0.384 e. The molecule has 33 heavy (non-hydrogen) atoms. The molecule has 174 valence electrons. The maximum Gasteiger partial charge on any atom is 0.240 e. The number of aryl methyl sites for hydroxylation is 1. The van der Waals surface area contributed by atoms with Gasteiger partial charge < -0.3 is 15.0 Å². The van der Waals surface area contributed by atoms with E-state index in [1.807, 2.05) is 24.3 Å². The molecule has 2 aromatic carbocycles. The minimum Gasteiger partial charge on any atom is -0.384 e. The smallest absolute Gasteiger partial charge is 0.240 e. The van der Waals surface area contributed by atoms with E-state index in [2.05, 4.69) is 14.3 Å². The third-order valence-corrected chi connectivity index (χ3v) is 6.88. The number of halogens is 1. The third-order valence-electron chi connectivity index (χ3n) is 5.43. The number of methoxy groups -OCH3 is 1. The zero-order valence-corrected chi connectivity index (χ0v) is 19.1. The number of aromatic nitrogens is 3. The number of nitrogen functional groups attached to an aromatic ring is 1. The van der Waals surface area contributed by atoms with Crippen molar-refractivity contribution in [2.45, 2.75) is 30.7 Å². The summed E-state index contributed by atoms with van der Waals surface area (Å²) in [6.45, 7) is 1.38. The summed E-state index contributed by atoms with van der Waals surface area (Å²) in [5.41, 5.74) is 8.58. The minimum absolute atomic E-state index is 0.0839. The van der Waals surface area contributed by atoms with E-state index >= 15 is 0 Å². The number of nitrogens with one attached hydrogen (secondary N) is 1. The van der Waals surface area contributed by atoms with Crippen LogP contribution in [0.5, 0.6) is 0 Å². The van der Waals surface area contributed by atoms with Crippen molar-refractivity contribution in [3.05, 3.63) is 60.2 Å². The molecule has 0 aliphatic heterocycles. The Bertz CT molecular complexity index is 1390. The topological polar surface area (TPSA) is 112 Å². The number of sulfonamides is 1. The Balaban J connectivity index is 1.52. The average molecular weight is 472 g/mol. The molecule has 0 amide bonds. The van der Waals surface area contributed by atoms with Gasteiger partial charge in [0.15, 0.2) is 5.82 Å². The molecule has 0 atom stereocenters. The van der Waals surface area contributed by atoms with Crippen LogP contribution in [0.3, 0.4) is 0 Å². The van der Waals surface area contributed by atoms with Gasteiger partial charge in [0.05, 0.1) is 22.5 Å². The normalized spacial score (nSPS) is 12.1. The molecule has 4 aromatic rings. The summed E-state index contributed by atoms with van der Waals surface area (Å²) in [7, 11) is -2.11. The van der Waals surface area contributed by atoms with E-state index < -0.39 is 15.8 Å². The summed E-state index contributed by atoms with van der Waals surface area (Å²) >= 11 is 0. The highest BCUT2D eigenvalue weighted by atomic mass is 32.2. The Morgan fingerprint density at radius 2 is 1.94 bits per heavy atom. The van der Waals surface area contributed by atoms with Crippen LogP contribution in [0.15, 0.2) is 53.4 Å². The van der Waals surface area contributed by atoms with Crippen LogP contribution in [0.4, 0.5) is 10.2 Å². The number of unbranched alkanes of at least 4 members (excludes halogenated alkanes) is 1. The van der Waals surface area contributed by atoms with Crippen LogP contribution in [0, 0.1) is 5.82 Å². The zero-order chi connectivity index (χ0) is 23.4. The van der Waals surface area contributed by atoms with Gasteiger partial charge in [-0.1, -0.05) is 24.3 Å². The SMILES string of the molecule is COCCc1nc2c(N)nc3ccccc3c2n1CCCCNS(=O)(=O)c1cccc(F)c1. The number of ether oxygens (including phenoxy) is 1. The average Bonchev–Trinajstić information content (AvgIpc) is 3.17. The Morgan fingerprint density at radius 3 is 2.73 bits per heavy atom. The van der Waals surface area contributed by atoms with Gasteiger partial charge in [0, 0.05) is 32.0 Å². The number of nitrogens with zero attached hydrogens (tertiary/aromatic N) is 3. The fourth-order valence-electron chi connectivity index (χ4n) is 3.85. The molecule has 4 rings (SSSR count). The summed E-state index contributed by atoms with van der Waals surface area (Å²) < 4.78 is 48.0. The molecule has 0 spiro atoms. The molecule has 0 unspecified atom stereocenters. The van der Waals surface area contributed by atoms with Crippen molar-refractivity contribution in [3.63, 3.8) is 0 Å². The molecule has 3 N–H and O–H groups in total. The lowest BCUT2D eigenvalue weighted by molar-refractivity contribution is 0.199. The number of para-hydroxylation sites is 1. The van der Waals surface area contributed by atoms with Crippen molar-refractivity contribution >= 4 is 37.8 Å². The second kappa shape index (κ2) is 9.82. The maximum absolute atomic E-state index is 13.4. The van der Waals surface area contributed by atoms with Crippen molar-refractivity contribution in [3.8, 4) is 0 Å². The Labute approximate surface area is 191 Å². The highest BCUT2D eigenvalue weighted by Gasteiger charge is 2.17. The highest BCUT2D eigenvalue weighted by Crippen LogP contribution is 2.29. The quantitative estimate of drug-likeness (QED) is 0.344. The molecule has 2 heterocycles. The van der Waals surface area contributed by atoms with E-state index in [0.29, 0.717) is 43.7 Å². The standard InChI is InChI=1S/C23H26FN5O3S/c1-32-14-11-20-28-21-22(18-9-2-3-10-19(18)27-23(21)25)29(20)13-5-4-12-26-33(30,31)17-8-6-7-16(24)15-17/h2-3,6-10,15,26H,4-5,11-14H2,1H3,(H2,25,27). The lowest BCUT2D eigenvalue weighted by atomic mass is 10.2. The molecular weight excluding hydrogens is 445 g/mol. The number of hydrogen-bond acceptors (Lipinski definition) is 6. The molecular formula is C23H26FN5O3S. The predicted octanol–water partition coefficient (Wildman–Crippen LogP) is 3.25. The fourth-order valence-corrected chi connectivity index (χ4v) is 4.95. The minimum atomic E-state index is -3.76. The number of rotatable bonds is 10. The molecule has 0 fully saturated rings. The first-order valence-corrected chi connectivity index (χ1v) is 12.2. The van der Waals surface area contributed by atoms with Gasteiger partial charge in [-0.15, -0.1) is 0 Å². The summed E-state index contributed by atoms with van der Waals surface area (Å²) in [5, 5.41) is 0.963. The highest BCUT2D eigenvalue weighted by molar-refractivity contribution is 7.89. The van der Waals surface area contributed by atoms with E-state index in [1.54, 1.807) is 7.11 Å². The molecule has 0 saturated heterocycles. The van der Waals surface area contributed by atoms with Crippen molar-refractivity contribution in [2.75, 3.05) is 26.0 Å². The van der Waals surface area contributed by atoms with Crippen molar-refractivity contribution in [1.29, 1.82) is 0 Å². The number of imidazole rings is 1. The Hall–Kier alpha value is -3.08. The van der Waals surface area contributed by atoms with Crippen LogP contribution in [0.1, 0.15) is 18.7 Å². The zero-order valence-electron chi connectivity index (χ0n) is 18.3. The van der Waals surface area contributed by atoms with Crippen LogP contribution in [-0.2, 0) is 27.7 Å². The van der Waals surface area contributed by atoms with Gasteiger partial charge in [-0.25, -0.2) is 27.5 Å². The first-order chi connectivity index (χ1) is 15.9. The number of fused-ring (bicyclic) bond motifs is 3. The van der Waals surface area contributed by atoms with Crippen LogP contribution in [0.2, 0.25) is 0 Å². The van der Waals surface area contributed by atoms with E-state index in [1.165, 1.54) is 18.2 Å². The van der Waals surface area contributed by atoms with Gasteiger partial charge in [0.1, 0.15) is 17.2 Å². The summed E-state index contributed by atoms with van der Waals surface area (Å²) in [6, 6.07) is 12.7. The molecule has 0 radical (unpaired) electrons. The molecule has 0 aliphatic rings. The van der Waals surface area contributed by atoms with Gasteiger partial charge in [0.25, 0.3) is 0 Å². The lowest BCUT2D eigenvalue weighted by Gasteiger charge is -2.11. The Kier molecular flexibility index (Phi) is 6.87. The predicted molar refractivity (Wildman–Crippen MR) is 126 cm³/mol. The number of anilines is 1. The summed E-state index contributed by atoms with van der Waals surface area (Å²) in [6.07, 6.45) is 1.91. The summed E-state index contributed by atoms with van der Waals surface area (Å²) in [5.74, 6) is 0.635. The second-order valence-corrected chi connectivity index (χ2v) is 9.46. The summed E-state index contributed by atoms with van der Waals surface area (Å²) in [4.78, 5) is 9.13. The maximum atomic E-state index is 13.4. The van der Waals surface area contributed by atoms with E-state index in [4.69, 9.17) is 15.5 Å². The second-order valence-electron chi connectivity index (χ2n) is 7.70. The molecule has 2 aromatic heterocycles. The lowest BCUT2D eigenvalue weighted by Crippen LogP contribution is -2.25. The van der Waals surface area contributed by atoms with Crippen molar-refractivity contribution in [2.24, 2.45) is 0 Å². The first-order valence-electron chi connectivity index (χ1n) is 10.7. The number of nitrogens with two attached hydrogens (primary N) is 1. The molecule has 10 heteroatoms. The van der Waals surface area contributed by atoms with Crippen molar-refractivity contribution in [1.82, 2.24) is 19.3 Å². The van der Waals surface area contributed by atoms with Gasteiger partial charge >= 0.3 is 0 Å². The molecule has 0 bridgehead atoms. The van der Waals surface area contributed by atoms with Crippen molar-refractivity contribution < 1.29 is 17.5 Å². The van der Waals surface area contributed by atoms with Crippen LogP contribution in [-0.4, -0.2) is 43.2 Å². The van der Waals surface area contributed by atoms with Gasteiger partial charge in [-0.3, -0.25) is 0 Å². The van der Waals surface area contributed by atoms with Gasteiger partial charge in [-0.2, -0.15) is 0 Å². The fraction of sp³-hybridized carbons (Fsp3) is 0.304. The molecule has 0 aliphatic carbocycles. The number of hydrogen-bond donors (Lipinski definition) is 2.